The van der Waals surface area contributed by atoms with Crippen molar-refractivity contribution in [2.75, 3.05) is 19.5 Å². The van der Waals surface area contributed by atoms with Gasteiger partial charge in [-0.05, 0) is 24.3 Å². The third-order valence-electron chi connectivity index (χ3n) is 3.26. The van der Waals surface area contributed by atoms with Gasteiger partial charge in [-0.1, -0.05) is 11.3 Å². The van der Waals surface area contributed by atoms with Crippen LogP contribution in [-0.4, -0.2) is 29.2 Å². The van der Waals surface area contributed by atoms with E-state index in [-0.39, 0.29) is 0 Å². The molecule has 0 saturated heterocycles. The molecule has 0 atom stereocenters. The minimum absolute atomic E-state index is 0.464. The summed E-state index contributed by atoms with van der Waals surface area (Å²) in [5, 5.41) is 11.4. The Labute approximate surface area is 133 Å². The highest BCUT2D eigenvalue weighted by molar-refractivity contribution is 5.41. The summed E-state index contributed by atoms with van der Waals surface area (Å²) in [6.07, 6.45) is 1.81. The van der Waals surface area contributed by atoms with Crippen LogP contribution in [-0.2, 0) is 17.9 Å². The predicted octanol–water partition coefficient (Wildman–Crippen LogP) is 2.63. The zero-order valence-electron chi connectivity index (χ0n) is 13.0. The van der Waals surface area contributed by atoms with Gasteiger partial charge in [0.25, 0.3) is 0 Å². The molecule has 7 heteroatoms. The van der Waals surface area contributed by atoms with Crippen LogP contribution in [0.2, 0.25) is 0 Å². The Balaban J connectivity index is 1.64. The van der Waals surface area contributed by atoms with Crippen LogP contribution in [0, 0.1) is 0 Å². The maximum Gasteiger partial charge on any atom is 0.169 e. The molecule has 23 heavy (non-hydrogen) atoms. The molecule has 1 N–H and O–H groups in total. The van der Waals surface area contributed by atoms with E-state index in [1.807, 2.05) is 42.6 Å². The molecule has 2 heterocycles. The average molecular weight is 314 g/mol. The maximum absolute atomic E-state index is 5.61. The van der Waals surface area contributed by atoms with Crippen molar-refractivity contribution >= 4 is 5.82 Å². The van der Waals surface area contributed by atoms with E-state index in [9.17, 15) is 0 Å². The normalized spacial score (nSPS) is 10.7. The van der Waals surface area contributed by atoms with Crippen LogP contribution >= 0.6 is 0 Å². The molecule has 2 aromatic heterocycles. The van der Waals surface area contributed by atoms with Crippen molar-refractivity contribution in [3.63, 3.8) is 0 Å². The Bertz CT molecular complexity index is 766. The molecular weight excluding hydrogens is 296 g/mol. The fourth-order valence-corrected chi connectivity index (χ4v) is 2.14. The van der Waals surface area contributed by atoms with Crippen LogP contribution in [0.15, 0.2) is 47.0 Å². The first-order valence-corrected chi connectivity index (χ1v) is 7.15. The second-order valence-electron chi connectivity index (χ2n) is 4.90. The lowest BCUT2D eigenvalue weighted by Crippen LogP contribution is -1.98. The van der Waals surface area contributed by atoms with Gasteiger partial charge in [0.1, 0.15) is 23.9 Å². The zero-order valence-corrected chi connectivity index (χ0v) is 13.0. The molecule has 0 amide bonds. The number of hydrogen-bond donors (Lipinski definition) is 1. The monoisotopic (exact) mass is 314 g/mol. The van der Waals surface area contributed by atoms with Gasteiger partial charge in [0.2, 0.25) is 0 Å². The molecule has 0 aliphatic carbocycles. The summed E-state index contributed by atoms with van der Waals surface area (Å²) in [4.78, 5) is 0. The Morgan fingerprint density at radius 2 is 2.04 bits per heavy atom. The molecular formula is C16H18N4O3. The lowest BCUT2D eigenvalue weighted by molar-refractivity contribution is 0.163. The number of hydrogen-bond acceptors (Lipinski definition) is 6. The number of anilines is 1. The number of aromatic nitrogens is 3. The van der Waals surface area contributed by atoms with Crippen LogP contribution in [0.3, 0.4) is 0 Å². The molecule has 1 aromatic carbocycles. The summed E-state index contributed by atoms with van der Waals surface area (Å²) in [6, 6.07) is 11.4. The third-order valence-corrected chi connectivity index (χ3v) is 3.26. The van der Waals surface area contributed by atoms with E-state index < -0.39 is 0 Å². The molecule has 0 aliphatic heterocycles. The summed E-state index contributed by atoms with van der Waals surface area (Å²) >= 11 is 0. The number of rotatable bonds is 7. The Kier molecular flexibility index (Phi) is 4.58. The summed E-state index contributed by atoms with van der Waals surface area (Å²) in [7, 11) is 3.27. The Morgan fingerprint density at radius 1 is 1.17 bits per heavy atom. The second-order valence-corrected chi connectivity index (χ2v) is 4.90. The van der Waals surface area contributed by atoms with E-state index in [0.717, 1.165) is 23.0 Å². The number of benzene rings is 1. The van der Waals surface area contributed by atoms with Gasteiger partial charge in [-0.2, -0.15) is 0 Å². The van der Waals surface area contributed by atoms with Gasteiger partial charge >= 0.3 is 0 Å². The Hall–Kier alpha value is -2.80. The van der Waals surface area contributed by atoms with Crippen LogP contribution in [0.5, 0.6) is 5.75 Å². The van der Waals surface area contributed by atoms with Crippen molar-refractivity contribution in [1.29, 1.82) is 0 Å². The first kappa shape index (κ1) is 15.1. The SMILES string of the molecule is COCc1ccc(CNc2cn(-c3cccc(OC)c3)nn2)o1. The topological polar surface area (TPSA) is 74.3 Å². The maximum atomic E-state index is 5.61. The molecule has 0 radical (unpaired) electrons. The van der Waals surface area contributed by atoms with E-state index in [0.29, 0.717) is 19.0 Å². The predicted molar refractivity (Wildman–Crippen MR) is 84.7 cm³/mol. The van der Waals surface area contributed by atoms with Crippen molar-refractivity contribution in [2.45, 2.75) is 13.2 Å². The van der Waals surface area contributed by atoms with E-state index in [2.05, 4.69) is 15.6 Å². The molecule has 0 fully saturated rings. The lowest BCUT2D eigenvalue weighted by Gasteiger charge is -2.03. The molecule has 7 nitrogen and oxygen atoms in total. The van der Waals surface area contributed by atoms with Crippen molar-refractivity contribution in [3.05, 3.63) is 54.1 Å². The summed E-state index contributed by atoms with van der Waals surface area (Å²) in [5.74, 6) is 3.04. The number of nitrogens with zero attached hydrogens (tertiary/aromatic N) is 3. The highest BCUT2D eigenvalue weighted by atomic mass is 16.5. The third kappa shape index (κ3) is 3.70. The number of nitrogens with one attached hydrogen (secondary N) is 1. The van der Waals surface area contributed by atoms with E-state index in [1.165, 1.54) is 0 Å². The fourth-order valence-electron chi connectivity index (χ4n) is 2.14. The Morgan fingerprint density at radius 3 is 2.87 bits per heavy atom. The lowest BCUT2D eigenvalue weighted by atomic mass is 10.3. The van der Waals surface area contributed by atoms with Crippen molar-refractivity contribution in [3.8, 4) is 11.4 Å². The van der Waals surface area contributed by atoms with Crippen LogP contribution in [0.4, 0.5) is 5.82 Å². The van der Waals surface area contributed by atoms with Gasteiger partial charge in [0, 0.05) is 13.2 Å². The smallest absolute Gasteiger partial charge is 0.169 e. The van der Waals surface area contributed by atoms with Crippen molar-refractivity contribution in [2.24, 2.45) is 0 Å². The highest BCUT2D eigenvalue weighted by Crippen LogP contribution is 2.17. The molecule has 0 bridgehead atoms. The number of methoxy groups -OCH3 is 2. The summed E-state index contributed by atoms with van der Waals surface area (Å²) in [6.45, 7) is 0.993. The van der Waals surface area contributed by atoms with Crippen molar-refractivity contribution in [1.82, 2.24) is 15.0 Å². The van der Waals surface area contributed by atoms with Gasteiger partial charge in [0.15, 0.2) is 5.82 Å². The number of furan rings is 1. The second kappa shape index (κ2) is 6.97. The molecule has 0 aliphatic rings. The quantitative estimate of drug-likeness (QED) is 0.722. The molecule has 3 rings (SSSR count). The molecule has 3 aromatic rings. The first-order valence-electron chi connectivity index (χ1n) is 7.15. The van der Waals surface area contributed by atoms with Crippen molar-refractivity contribution < 1.29 is 13.9 Å². The van der Waals surface area contributed by atoms with Gasteiger partial charge in [-0.3, -0.25) is 0 Å². The fraction of sp³-hybridized carbons (Fsp3) is 0.250. The average Bonchev–Trinajstić information content (AvgIpc) is 3.23. The molecule has 120 valence electrons. The van der Waals surface area contributed by atoms with E-state index >= 15 is 0 Å². The van der Waals surface area contributed by atoms with Gasteiger partial charge in [0.05, 0.1) is 25.5 Å². The van der Waals surface area contributed by atoms with Crippen LogP contribution < -0.4 is 10.1 Å². The largest absolute Gasteiger partial charge is 0.497 e. The zero-order chi connectivity index (χ0) is 16.1. The van der Waals surface area contributed by atoms with E-state index in [1.54, 1.807) is 18.9 Å². The van der Waals surface area contributed by atoms with Crippen LogP contribution in [0.25, 0.3) is 5.69 Å². The van der Waals surface area contributed by atoms with Crippen LogP contribution in [0.1, 0.15) is 11.5 Å². The van der Waals surface area contributed by atoms with Gasteiger partial charge < -0.3 is 19.2 Å². The molecule has 0 spiro atoms. The first-order chi connectivity index (χ1) is 11.3. The summed E-state index contributed by atoms with van der Waals surface area (Å²) < 4.78 is 17.5. The molecule has 0 unspecified atom stereocenters. The minimum atomic E-state index is 0.464. The standard InChI is InChI=1S/C16H18N4O3/c1-21-11-15-7-6-14(23-15)9-17-16-10-20(19-18-16)12-4-3-5-13(8-12)22-2/h3-8,10,17H,9,11H2,1-2H3. The highest BCUT2D eigenvalue weighted by Gasteiger charge is 2.06. The van der Waals surface area contributed by atoms with E-state index in [4.69, 9.17) is 13.9 Å². The minimum Gasteiger partial charge on any atom is -0.497 e. The van der Waals surface area contributed by atoms with Gasteiger partial charge in [-0.25, -0.2) is 4.68 Å². The number of ether oxygens (including phenoxy) is 2. The molecule has 0 saturated carbocycles. The summed E-state index contributed by atoms with van der Waals surface area (Å²) in [5.41, 5.74) is 0.880. The van der Waals surface area contributed by atoms with Gasteiger partial charge in [-0.15, -0.1) is 5.10 Å².